The second kappa shape index (κ2) is 4.41. The van der Waals surface area contributed by atoms with E-state index in [9.17, 15) is 15.0 Å². The van der Waals surface area contributed by atoms with Crippen molar-refractivity contribution in [1.29, 1.82) is 0 Å². The average Bonchev–Trinajstić information content (AvgIpc) is 2.63. The van der Waals surface area contributed by atoms with Crippen LogP contribution in [0.4, 0.5) is 0 Å². The topological polar surface area (TPSA) is 57.5 Å². The zero-order valence-electron chi connectivity index (χ0n) is 14.5. The van der Waals surface area contributed by atoms with Gasteiger partial charge in [0.05, 0.1) is 11.0 Å². The molecular weight excluding hydrogens is 288 g/mol. The molecule has 0 amide bonds. The number of carbonyl (C=O) groups is 1. The van der Waals surface area contributed by atoms with E-state index in [0.717, 1.165) is 63.4 Å². The van der Waals surface area contributed by atoms with Crippen LogP contribution in [-0.4, -0.2) is 21.8 Å². The van der Waals surface area contributed by atoms with Crippen molar-refractivity contribution in [3.63, 3.8) is 0 Å². The monoisotopic (exact) mass is 318 g/mol. The van der Waals surface area contributed by atoms with Gasteiger partial charge in [-0.2, -0.15) is 0 Å². The standard InChI is InChI=1S/C20H30O3/c1-13-11-19-9-5-14-17(2,7-4-8-18(14,3)16(21)22)15(19)6-10-20(13,23)12-19/h14-15,23H,1,4-12H2,2-3H3,(H,21,22)/t14-,15-,17+,18+,19+,20+/m0/s1. The molecule has 2 N–H and O–H groups in total. The van der Waals surface area contributed by atoms with E-state index in [0.29, 0.717) is 5.92 Å². The molecule has 4 aliphatic rings. The molecule has 4 saturated carbocycles. The van der Waals surface area contributed by atoms with Crippen LogP contribution in [0.2, 0.25) is 0 Å². The highest BCUT2D eigenvalue weighted by Crippen LogP contribution is 2.72. The Morgan fingerprint density at radius 1 is 1.13 bits per heavy atom. The normalized spacial score (nSPS) is 55.2. The molecule has 0 aromatic heterocycles. The zero-order valence-corrected chi connectivity index (χ0v) is 14.5. The first kappa shape index (κ1) is 15.7. The fourth-order valence-electron chi connectivity index (χ4n) is 7.61. The molecule has 4 rings (SSSR count). The van der Waals surface area contributed by atoms with Crippen LogP contribution in [-0.2, 0) is 4.79 Å². The fourth-order valence-corrected chi connectivity index (χ4v) is 7.61. The Hall–Kier alpha value is -0.830. The molecule has 0 unspecified atom stereocenters. The van der Waals surface area contributed by atoms with E-state index in [-0.39, 0.29) is 16.7 Å². The van der Waals surface area contributed by atoms with E-state index in [1.807, 2.05) is 6.92 Å². The summed E-state index contributed by atoms with van der Waals surface area (Å²) in [5.74, 6) is 0.219. The number of aliphatic carboxylic acids is 1. The first-order chi connectivity index (χ1) is 10.7. The minimum Gasteiger partial charge on any atom is -0.481 e. The van der Waals surface area contributed by atoms with E-state index >= 15 is 0 Å². The lowest BCUT2D eigenvalue weighted by Gasteiger charge is -2.63. The maximum absolute atomic E-state index is 12.0. The number of rotatable bonds is 1. The van der Waals surface area contributed by atoms with E-state index in [1.165, 1.54) is 0 Å². The predicted octanol–water partition coefficient (Wildman–Crippen LogP) is 4.16. The molecule has 4 fully saturated rings. The van der Waals surface area contributed by atoms with Crippen LogP contribution in [0.5, 0.6) is 0 Å². The first-order valence-electron chi connectivity index (χ1n) is 9.30. The van der Waals surface area contributed by atoms with E-state index in [2.05, 4.69) is 13.5 Å². The second-order valence-corrected chi connectivity index (χ2v) is 9.62. The Kier molecular flexibility index (Phi) is 3.01. The van der Waals surface area contributed by atoms with Gasteiger partial charge in [0.25, 0.3) is 0 Å². The van der Waals surface area contributed by atoms with Crippen molar-refractivity contribution in [2.45, 2.75) is 77.2 Å². The minimum absolute atomic E-state index is 0.107. The third kappa shape index (κ3) is 1.78. The molecule has 2 bridgehead atoms. The number of hydrogen-bond donors (Lipinski definition) is 2. The molecular formula is C20H30O3. The van der Waals surface area contributed by atoms with Gasteiger partial charge in [-0.05, 0) is 86.5 Å². The molecule has 23 heavy (non-hydrogen) atoms. The third-order valence-electron chi connectivity index (χ3n) is 8.65. The Labute approximate surface area is 139 Å². The minimum atomic E-state index is -0.634. The molecule has 0 radical (unpaired) electrons. The van der Waals surface area contributed by atoms with Crippen molar-refractivity contribution in [3.05, 3.63) is 12.2 Å². The van der Waals surface area contributed by atoms with Crippen LogP contribution in [0.1, 0.15) is 71.6 Å². The van der Waals surface area contributed by atoms with Crippen molar-refractivity contribution >= 4 is 5.97 Å². The van der Waals surface area contributed by atoms with Gasteiger partial charge in [0.15, 0.2) is 0 Å². The van der Waals surface area contributed by atoms with Crippen molar-refractivity contribution in [2.75, 3.05) is 0 Å². The largest absolute Gasteiger partial charge is 0.481 e. The van der Waals surface area contributed by atoms with Crippen molar-refractivity contribution in [3.8, 4) is 0 Å². The third-order valence-corrected chi connectivity index (χ3v) is 8.65. The number of aliphatic hydroxyl groups is 1. The average molecular weight is 318 g/mol. The SMILES string of the molecule is C=C1C[C@@]23CC[C@H]4[C@@](C)(CCC[C@@]4(C)C(=O)O)[C@@H]2CC[C@@]1(O)C3. The Bertz CT molecular complexity index is 583. The highest BCUT2D eigenvalue weighted by molar-refractivity contribution is 5.75. The molecule has 0 saturated heterocycles. The summed E-state index contributed by atoms with van der Waals surface area (Å²) in [4.78, 5) is 12.0. The lowest BCUT2D eigenvalue weighted by atomic mass is 9.41. The summed E-state index contributed by atoms with van der Waals surface area (Å²) >= 11 is 0. The molecule has 0 aromatic rings. The van der Waals surface area contributed by atoms with E-state index in [1.54, 1.807) is 0 Å². The highest BCUT2D eigenvalue weighted by atomic mass is 16.4. The maximum atomic E-state index is 12.0. The van der Waals surface area contributed by atoms with Gasteiger partial charge in [-0.3, -0.25) is 4.79 Å². The van der Waals surface area contributed by atoms with Gasteiger partial charge in [-0.15, -0.1) is 0 Å². The molecule has 4 aliphatic carbocycles. The first-order valence-corrected chi connectivity index (χ1v) is 9.30. The molecule has 128 valence electrons. The lowest BCUT2D eigenvalue weighted by molar-refractivity contribution is -0.186. The molecule has 0 aliphatic heterocycles. The van der Waals surface area contributed by atoms with Crippen LogP contribution in [0, 0.1) is 28.1 Å². The van der Waals surface area contributed by atoms with Crippen molar-refractivity contribution in [1.82, 2.24) is 0 Å². The Morgan fingerprint density at radius 3 is 2.52 bits per heavy atom. The summed E-state index contributed by atoms with van der Waals surface area (Å²) in [5, 5.41) is 20.8. The number of hydrogen-bond acceptors (Lipinski definition) is 2. The van der Waals surface area contributed by atoms with Crippen LogP contribution < -0.4 is 0 Å². The number of carboxylic acids is 1. The van der Waals surface area contributed by atoms with Crippen LogP contribution in [0.25, 0.3) is 0 Å². The van der Waals surface area contributed by atoms with Crippen LogP contribution in [0.15, 0.2) is 12.2 Å². The van der Waals surface area contributed by atoms with Crippen LogP contribution >= 0.6 is 0 Å². The van der Waals surface area contributed by atoms with Gasteiger partial charge in [-0.25, -0.2) is 0 Å². The molecule has 0 heterocycles. The Balaban J connectivity index is 1.76. The molecule has 6 atom stereocenters. The Morgan fingerprint density at radius 2 is 1.83 bits per heavy atom. The summed E-state index contributed by atoms with van der Waals surface area (Å²) in [6.45, 7) is 8.55. The summed E-state index contributed by atoms with van der Waals surface area (Å²) in [6, 6.07) is 0. The van der Waals surface area contributed by atoms with Gasteiger partial charge < -0.3 is 10.2 Å². The van der Waals surface area contributed by atoms with Gasteiger partial charge in [0.2, 0.25) is 0 Å². The van der Waals surface area contributed by atoms with E-state index < -0.39 is 17.0 Å². The zero-order chi connectivity index (χ0) is 16.7. The lowest BCUT2D eigenvalue weighted by Crippen LogP contribution is -2.59. The van der Waals surface area contributed by atoms with Gasteiger partial charge >= 0.3 is 5.97 Å². The highest BCUT2D eigenvalue weighted by Gasteiger charge is 2.67. The quantitative estimate of drug-likeness (QED) is 0.714. The summed E-state index contributed by atoms with van der Waals surface area (Å²) in [6.07, 6.45) is 8.75. The second-order valence-electron chi connectivity index (χ2n) is 9.62. The van der Waals surface area contributed by atoms with Crippen LogP contribution in [0.3, 0.4) is 0 Å². The fraction of sp³-hybridized carbons (Fsp3) is 0.850. The molecule has 3 heteroatoms. The summed E-state index contributed by atoms with van der Waals surface area (Å²) in [5.41, 5.74) is 0.128. The smallest absolute Gasteiger partial charge is 0.309 e. The van der Waals surface area contributed by atoms with E-state index in [4.69, 9.17) is 0 Å². The summed E-state index contributed by atoms with van der Waals surface area (Å²) < 4.78 is 0. The molecule has 0 aromatic carbocycles. The van der Waals surface area contributed by atoms with Gasteiger partial charge in [0.1, 0.15) is 0 Å². The van der Waals surface area contributed by atoms with Crippen molar-refractivity contribution in [2.24, 2.45) is 28.1 Å². The maximum Gasteiger partial charge on any atom is 0.309 e. The van der Waals surface area contributed by atoms with Gasteiger partial charge in [-0.1, -0.05) is 19.9 Å². The number of carboxylic acid groups (broad SMARTS) is 1. The molecule has 1 spiro atoms. The van der Waals surface area contributed by atoms with Gasteiger partial charge in [0, 0.05) is 0 Å². The number of fused-ring (bicyclic) bond motifs is 3. The summed E-state index contributed by atoms with van der Waals surface area (Å²) in [7, 11) is 0. The molecule has 3 nitrogen and oxygen atoms in total. The van der Waals surface area contributed by atoms with Crippen molar-refractivity contribution < 1.29 is 15.0 Å². The predicted molar refractivity (Wildman–Crippen MR) is 88.9 cm³/mol.